The molecule has 0 fully saturated rings. The van der Waals surface area contributed by atoms with Crippen LogP contribution in [-0.4, -0.2) is 11.7 Å². The first kappa shape index (κ1) is 9.65. The SMILES string of the molecule is NCC1(O)CCCc2cc(Br)sc21. The van der Waals surface area contributed by atoms with E-state index in [1.165, 1.54) is 5.56 Å². The number of aliphatic hydroxyl groups is 1. The molecule has 1 heterocycles. The van der Waals surface area contributed by atoms with Gasteiger partial charge in [0.15, 0.2) is 0 Å². The third-order valence-corrected chi connectivity index (χ3v) is 4.45. The zero-order valence-electron chi connectivity index (χ0n) is 7.22. The lowest BCUT2D eigenvalue weighted by Crippen LogP contribution is -2.36. The summed E-state index contributed by atoms with van der Waals surface area (Å²) in [6.07, 6.45) is 2.90. The number of aryl methyl sites for hydroxylation is 1. The molecule has 1 aromatic heterocycles. The maximum Gasteiger partial charge on any atom is 0.111 e. The molecule has 0 amide bonds. The van der Waals surface area contributed by atoms with Crippen molar-refractivity contribution in [3.63, 3.8) is 0 Å². The van der Waals surface area contributed by atoms with Gasteiger partial charge in [0, 0.05) is 11.4 Å². The highest BCUT2D eigenvalue weighted by Crippen LogP contribution is 2.41. The molecular weight excluding hydrogens is 250 g/mol. The van der Waals surface area contributed by atoms with Gasteiger partial charge in [-0.25, -0.2) is 0 Å². The fourth-order valence-electron chi connectivity index (χ4n) is 1.85. The van der Waals surface area contributed by atoms with Crippen LogP contribution in [0.3, 0.4) is 0 Å². The highest BCUT2D eigenvalue weighted by Gasteiger charge is 2.34. The Labute approximate surface area is 89.9 Å². The molecule has 0 saturated carbocycles. The lowest BCUT2D eigenvalue weighted by atomic mass is 9.85. The van der Waals surface area contributed by atoms with Gasteiger partial charge in [-0.05, 0) is 46.8 Å². The second kappa shape index (κ2) is 3.35. The van der Waals surface area contributed by atoms with Crippen LogP contribution in [0.1, 0.15) is 23.3 Å². The molecule has 0 spiro atoms. The molecule has 0 saturated heterocycles. The van der Waals surface area contributed by atoms with Gasteiger partial charge in [0.1, 0.15) is 5.60 Å². The molecule has 1 aliphatic rings. The van der Waals surface area contributed by atoms with E-state index < -0.39 is 5.60 Å². The average Bonchev–Trinajstić information content (AvgIpc) is 2.48. The first-order chi connectivity index (χ1) is 6.15. The van der Waals surface area contributed by atoms with E-state index in [-0.39, 0.29) is 0 Å². The summed E-state index contributed by atoms with van der Waals surface area (Å²) in [6.45, 7) is 0.326. The van der Waals surface area contributed by atoms with Gasteiger partial charge in [-0.1, -0.05) is 0 Å². The van der Waals surface area contributed by atoms with Crippen LogP contribution in [0, 0.1) is 0 Å². The van der Waals surface area contributed by atoms with Gasteiger partial charge in [0.25, 0.3) is 0 Å². The summed E-state index contributed by atoms with van der Waals surface area (Å²) in [5.41, 5.74) is 6.10. The number of thiophene rings is 1. The second-order valence-corrected chi connectivity index (χ2v) is 5.93. The van der Waals surface area contributed by atoms with E-state index in [0.717, 1.165) is 27.9 Å². The molecule has 0 aromatic carbocycles. The zero-order chi connectivity index (χ0) is 9.47. The van der Waals surface area contributed by atoms with E-state index in [1.54, 1.807) is 11.3 Å². The Morgan fingerprint density at radius 3 is 3.15 bits per heavy atom. The highest BCUT2D eigenvalue weighted by atomic mass is 79.9. The third-order valence-electron chi connectivity index (χ3n) is 2.58. The van der Waals surface area contributed by atoms with Crippen molar-refractivity contribution in [3.05, 3.63) is 20.3 Å². The summed E-state index contributed by atoms with van der Waals surface area (Å²) in [6, 6.07) is 2.10. The van der Waals surface area contributed by atoms with E-state index in [4.69, 9.17) is 5.73 Å². The van der Waals surface area contributed by atoms with Crippen molar-refractivity contribution in [2.45, 2.75) is 24.9 Å². The van der Waals surface area contributed by atoms with Gasteiger partial charge < -0.3 is 10.8 Å². The molecular formula is C9H12BrNOS. The molecule has 1 unspecified atom stereocenters. The highest BCUT2D eigenvalue weighted by molar-refractivity contribution is 9.11. The van der Waals surface area contributed by atoms with Crippen LogP contribution in [0.5, 0.6) is 0 Å². The maximum atomic E-state index is 10.2. The minimum absolute atomic E-state index is 0.326. The standard InChI is InChI=1S/C9H12BrNOS/c10-7-4-6-2-1-3-9(12,5-11)8(6)13-7/h4,12H,1-3,5,11H2. The minimum atomic E-state index is -0.760. The molecule has 0 radical (unpaired) electrons. The largest absolute Gasteiger partial charge is 0.383 e. The Balaban J connectivity index is 2.47. The fourth-order valence-corrected chi connectivity index (χ4v) is 3.68. The van der Waals surface area contributed by atoms with Crippen LogP contribution in [0.2, 0.25) is 0 Å². The summed E-state index contributed by atoms with van der Waals surface area (Å²) in [5, 5.41) is 10.2. The quantitative estimate of drug-likeness (QED) is 0.813. The van der Waals surface area contributed by atoms with Gasteiger partial charge in [0.05, 0.1) is 3.79 Å². The normalized spacial score (nSPS) is 27.3. The summed E-state index contributed by atoms with van der Waals surface area (Å²) >= 11 is 5.05. The summed E-state index contributed by atoms with van der Waals surface area (Å²) in [5.74, 6) is 0. The lowest BCUT2D eigenvalue weighted by Gasteiger charge is -2.30. The van der Waals surface area contributed by atoms with Crippen molar-refractivity contribution in [3.8, 4) is 0 Å². The number of nitrogens with two attached hydrogens (primary N) is 1. The Morgan fingerprint density at radius 1 is 1.69 bits per heavy atom. The molecule has 72 valence electrons. The Bertz CT molecular complexity index is 325. The van der Waals surface area contributed by atoms with Crippen molar-refractivity contribution in [1.82, 2.24) is 0 Å². The Hall–Kier alpha value is 0.1000. The van der Waals surface area contributed by atoms with Crippen molar-refractivity contribution in [2.24, 2.45) is 5.73 Å². The van der Waals surface area contributed by atoms with Gasteiger partial charge >= 0.3 is 0 Å². The van der Waals surface area contributed by atoms with E-state index >= 15 is 0 Å². The molecule has 0 aliphatic heterocycles. The van der Waals surface area contributed by atoms with Crippen molar-refractivity contribution in [2.75, 3.05) is 6.54 Å². The van der Waals surface area contributed by atoms with Crippen LogP contribution in [0.25, 0.3) is 0 Å². The van der Waals surface area contributed by atoms with Crippen molar-refractivity contribution in [1.29, 1.82) is 0 Å². The first-order valence-electron chi connectivity index (χ1n) is 4.37. The van der Waals surface area contributed by atoms with Crippen LogP contribution in [-0.2, 0) is 12.0 Å². The number of hydrogen-bond acceptors (Lipinski definition) is 3. The van der Waals surface area contributed by atoms with E-state index in [9.17, 15) is 5.11 Å². The molecule has 3 N–H and O–H groups in total. The van der Waals surface area contributed by atoms with E-state index in [0.29, 0.717) is 6.54 Å². The van der Waals surface area contributed by atoms with Crippen LogP contribution >= 0.6 is 27.3 Å². The van der Waals surface area contributed by atoms with Crippen molar-refractivity contribution < 1.29 is 5.11 Å². The van der Waals surface area contributed by atoms with Crippen LogP contribution in [0.15, 0.2) is 9.85 Å². The fraction of sp³-hybridized carbons (Fsp3) is 0.556. The molecule has 13 heavy (non-hydrogen) atoms. The van der Waals surface area contributed by atoms with Gasteiger partial charge in [-0.2, -0.15) is 0 Å². The minimum Gasteiger partial charge on any atom is -0.383 e. The van der Waals surface area contributed by atoms with E-state index in [1.807, 2.05) is 0 Å². The molecule has 1 aliphatic carbocycles. The predicted octanol–water partition coefficient (Wildman–Crippen LogP) is 1.99. The van der Waals surface area contributed by atoms with Crippen LogP contribution in [0.4, 0.5) is 0 Å². The number of fused-ring (bicyclic) bond motifs is 1. The summed E-state index contributed by atoms with van der Waals surface area (Å²) < 4.78 is 1.09. The molecule has 4 heteroatoms. The smallest absolute Gasteiger partial charge is 0.111 e. The zero-order valence-corrected chi connectivity index (χ0v) is 9.62. The second-order valence-electron chi connectivity index (χ2n) is 3.49. The molecule has 0 bridgehead atoms. The average molecular weight is 262 g/mol. The topological polar surface area (TPSA) is 46.2 Å². The van der Waals surface area contributed by atoms with Crippen molar-refractivity contribution >= 4 is 27.3 Å². The summed E-state index contributed by atoms with van der Waals surface area (Å²) in [4.78, 5) is 1.06. The first-order valence-corrected chi connectivity index (χ1v) is 5.98. The molecule has 1 aromatic rings. The third kappa shape index (κ3) is 1.56. The molecule has 2 nitrogen and oxygen atoms in total. The lowest BCUT2D eigenvalue weighted by molar-refractivity contribution is 0.0320. The Kier molecular flexibility index (Phi) is 2.49. The van der Waals surface area contributed by atoms with Gasteiger partial charge in [-0.3, -0.25) is 0 Å². The predicted molar refractivity (Wildman–Crippen MR) is 57.9 cm³/mol. The monoisotopic (exact) mass is 261 g/mol. The summed E-state index contributed by atoms with van der Waals surface area (Å²) in [7, 11) is 0. The van der Waals surface area contributed by atoms with E-state index in [2.05, 4.69) is 22.0 Å². The molecule has 1 atom stereocenters. The number of halogens is 1. The van der Waals surface area contributed by atoms with Gasteiger partial charge in [0.2, 0.25) is 0 Å². The molecule has 2 rings (SSSR count). The number of rotatable bonds is 1. The maximum absolute atomic E-state index is 10.2. The van der Waals surface area contributed by atoms with Gasteiger partial charge in [-0.15, -0.1) is 11.3 Å². The Morgan fingerprint density at radius 2 is 2.46 bits per heavy atom. The van der Waals surface area contributed by atoms with Crippen LogP contribution < -0.4 is 5.73 Å². The number of hydrogen-bond donors (Lipinski definition) is 2.